The Morgan fingerprint density at radius 1 is 1.07 bits per heavy atom. The van der Waals surface area contributed by atoms with Crippen molar-refractivity contribution in [2.24, 2.45) is 0 Å². The molecule has 0 aliphatic carbocycles. The van der Waals surface area contributed by atoms with Crippen LogP contribution < -0.4 is 10.3 Å². The minimum Gasteiger partial charge on any atom is -0.496 e. The van der Waals surface area contributed by atoms with Crippen molar-refractivity contribution in [2.45, 2.75) is 33.6 Å². The molecule has 138 valence electrons. The van der Waals surface area contributed by atoms with Gasteiger partial charge in [0.25, 0.3) is 5.56 Å². The van der Waals surface area contributed by atoms with Gasteiger partial charge in [-0.25, -0.2) is 0 Å². The van der Waals surface area contributed by atoms with E-state index in [0.29, 0.717) is 5.92 Å². The van der Waals surface area contributed by atoms with Gasteiger partial charge in [-0.15, -0.1) is 11.3 Å². The molecule has 0 atom stereocenters. The van der Waals surface area contributed by atoms with Gasteiger partial charge < -0.3 is 9.72 Å². The number of aromatic amines is 1. The molecule has 0 saturated heterocycles. The Balaban J connectivity index is 2.17. The number of aromatic nitrogens is 1. The zero-order chi connectivity index (χ0) is 19.3. The highest BCUT2D eigenvalue weighted by atomic mass is 32.1. The first-order valence-electron chi connectivity index (χ1n) is 9.14. The molecule has 0 amide bonds. The van der Waals surface area contributed by atoms with Crippen LogP contribution in [0.2, 0.25) is 0 Å². The summed E-state index contributed by atoms with van der Waals surface area (Å²) in [6, 6.07) is 10.6. The van der Waals surface area contributed by atoms with Crippen molar-refractivity contribution in [2.75, 3.05) is 7.11 Å². The second-order valence-electron chi connectivity index (χ2n) is 7.36. The van der Waals surface area contributed by atoms with Gasteiger partial charge in [-0.3, -0.25) is 4.79 Å². The van der Waals surface area contributed by atoms with E-state index in [1.54, 1.807) is 7.11 Å². The Hall–Kier alpha value is -2.59. The molecule has 0 fully saturated rings. The molecule has 4 aromatic rings. The summed E-state index contributed by atoms with van der Waals surface area (Å²) >= 11 is 1.48. The Morgan fingerprint density at radius 3 is 2.52 bits per heavy atom. The summed E-state index contributed by atoms with van der Waals surface area (Å²) in [6.45, 7) is 8.59. The molecule has 0 unspecified atom stereocenters. The lowest BCUT2D eigenvalue weighted by molar-refractivity contribution is 0.416. The lowest BCUT2D eigenvalue weighted by Gasteiger charge is -2.17. The topological polar surface area (TPSA) is 42.1 Å². The highest BCUT2D eigenvalue weighted by Gasteiger charge is 2.19. The van der Waals surface area contributed by atoms with E-state index in [1.165, 1.54) is 22.5 Å². The molecule has 3 nitrogen and oxygen atoms in total. The van der Waals surface area contributed by atoms with E-state index < -0.39 is 0 Å². The van der Waals surface area contributed by atoms with Crippen molar-refractivity contribution in [3.8, 4) is 16.9 Å². The molecule has 0 radical (unpaired) electrons. The number of methoxy groups -OCH3 is 1. The van der Waals surface area contributed by atoms with E-state index in [2.05, 4.69) is 44.0 Å². The Labute approximate surface area is 162 Å². The molecule has 1 N–H and O–H groups in total. The lowest BCUT2D eigenvalue weighted by Crippen LogP contribution is -2.06. The van der Waals surface area contributed by atoms with Crippen LogP contribution in [0.15, 0.2) is 40.5 Å². The van der Waals surface area contributed by atoms with Crippen LogP contribution in [0.4, 0.5) is 0 Å². The third-order valence-corrected chi connectivity index (χ3v) is 6.18. The zero-order valence-corrected chi connectivity index (χ0v) is 17.1. The maximum absolute atomic E-state index is 12.5. The number of ether oxygens (including phenoxy) is 1. The van der Waals surface area contributed by atoms with Gasteiger partial charge in [0.05, 0.1) is 12.6 Å². The summed E-state index contributed by atoms with van der Waals surface area (Å²) in [6.07, 6.45) is 0. The summed E-state index contributed by atoms with van der Waals surface area (Å²) in [4.78, 5) is 15.6. The number of benzene rings is 2. The molecule has 4 rings (SSSR count). The Bertz CT molecular complexity index is 1230. The van der Waals surface area contributed by atoms with E-state index >= 15 is 0 Å². The van der Waals surface area contributed by atoms with Gasteiger partial charge in [0, 0.05) is 16.3 Å². The number of aryl methyl sites for hydroxylation is 2. The predicted octanol–water partition coefficient (Wildman–Crippen LogP) is 6.16. The van der Waals surface area contributed by atoms with E-state index in [-0.39, 0.29) is 5.56 Å². The first kappa shape index (κ1) is 17.8. The number of H-pyrrole nitrogens is 1. The SMILES string of the molecule is COc1cc(C)c2[nH]c(=O)c3sccc3c2c1-c1ccc(C(C)C)c(C)c1. The van der Waals surface area contributed by atoms with E-state index in [1.807, 2.05) is 24.4 Å². The van der Waals surface area contributed by atoms with Crippen LogP contribution in [0.5, 0.6) is 5.75 Å². The molecule has 0 spiro atoms. The summed E-state index contributed by atoms with van der Waals surface area (Å²) in [7, 11) is 1.70. The highest BCUT2D eigenvalue weighted by Crippen LogP contribution is 2.42. The van der Waals surface area contributed by atoms with Gasteiger partial charge >= 0.3 is 0 Å². The monoisotopic (exact) mass is 377 g/mol. The van der Waals surface area contributed by atoms with Crippen molar-refractivity contribution >= 4 is 32.3 Å². The number of rotatable bonds is 3. The van der Waals surface area contributed by atoms with Crippen molar-refractivity contribution < 1.29 is 4.74 Å². The number of pyridine rings is 1. The number of hydrogen-bond acceptors (Lipinski definition) is 3. The first-order valence-corrected chi connectivity index (χ1v) is 10.0. The average molecular weight is 378 g/mol. The van der Waals surface area contributed by atoms with Crippen molar-refractivity contribution in [3.63, 3.8) is 0 Å². The maximum Gasteiger partial charge on any atom is 0.266 e. The molecular formula is C23H23NO2S. The second-order valence-corrected chi connectivity index (χ2v) is 8.28. The molecule has 0 aliphatic heterocycles. The minimum atomic E-state index is -0.0296. The third-order valence-electron chi connectivity index (χ3n) is 5.27. The molecule has 4 heteroatoms. The normalized spacial score (nSPS) is 11.6. The fraction of sp³-hybridized carbons (Fsp3) is 0.261. The predicted molar refractivity (Wildman–Crippen MR) is 116 cm³/mol. The fourth-order valence-corrected chi connectivity index (χ4v) is 4.79. The molecular weight excluding hydrogens is 354 g/mol. The second kappa shape index (κ2) is 6.54. The van der Waals surface area contributed by atoms with Gasteiger partial charge in [-0.1, -0.05) is 32.0 Å². The van der Waals surface area contributed by atoms with Crippen LogP contribution in [0, 0.1) is 13.8 Å². The first-order chi connectivity index (χ1) is 12.9. The Morgan fingerprint density at radius 2 is 1.85 bits per heavy atom. The van der Waals surface area contributed by atoms with Crippen LogP contribution in [-0.2, 0) is 0 Å². The van der Waals surface area contributed by atoms with Gasteiger partial charge in [0.1, 0.15) is 10.4 Å². The van der Waals surface area contributed by atoms with Crippen LogP contribution in [-0.4, -0.2) is 12.1 Å². The van der Waals surface area contributed by atoms with Gasteiger partial charge in [0.15, 0.2) is 0 Å². The number of hydrogen-bond donors (Lipinski definition) is 1. The lowest BCUT2D eigenvalue weighted by atomic mass is 9.90. The fourth-order valence-electron chi connectivity index (χ4n) is 4.00. The van der Waals surface area contributed by atoms with Crippen LogP contribution in [0.25, 0.3) is 32.1 Å². The van der Waals surface area contributed by atoms with Gasteiger partial charge in [-0.2, -0.15) is 0 Å². The van der Waals surface area contributed by atoms with Crippen LogP contribution in [0.1, 0.15) is 36.5 Å². The number of fused-ring (bicyclic) bond motifs is 3. The quantitative estimate of drug-likeness (QED) is 0.465. The summed E-state index contributed by atoms with van der Waals surface area (Å²) in [5.41, 5.74) is 6.62. The summed E-state index contributed by atoms with van der Waals surface area (Å²) < 4.78 is 6.53. The molecule has 0 bridgehead atoms. The highest BCUT2D eigenvalue weighted by molar-refractivity contribution is 7.17. The number of thiophene rings is 1. The van der Waals surface area contributed by atoms with E-state index in [0.717, 1.165) is 43.4 Å². The average Bonchev–Trinajstić information content (AvgIpc) is 3.12. The van der Waals surface area contributed by atoms with Crippen LogP contribution in [0.3, 0.4) is 0 Å². The molecule has 0 aliphatic rings. The van der Waals surface area contributed by atoms with Crippen molar-refractivity contribution in [3.05, 3.63) is 62.8 Å². The van der Waals surface area contributed by atoms with E-state index in [9.17, 15) is 4.79 Å². The Kier molecular flexibility index (Phi) is 4.31. The molecule has 2 heterocycles. The standard InChI is InChI=1S/C23H23NO2S/c1-12(2)16-7-6-15(10-13(16)3)19-18(26-5)11-14(4)21-20(19)17-8-9-27-22(17)23(25)24-21/h6-12H,1-5H3,(H,24,25). The van der Waals surface area contributed by atoms with Gasteiger partial charge in [0.2, 0.25) is 0 Å². The summed E-state index contributed by atoms with van der Waals surface area (Å²) in [5.74, 6) is 1.31. The van der Waals surface area contributed by atoms with Crippen LogP contribution >= 0.6 is 11.3 Å². The van der Waals surface area contributed by atoms with Crippen molar-refractivity contribution in [1.82, 2.24) is 4.98 Å². The minimum absolute atomic E-state index is 0.0296. The zero-order valence-electron chi connectivity index (χ0n) is 16.3. The van der Waals surface area contributed by atoms with Gasteiger partial charge in [-0.05, 0) is 59.5 Å². The molecule has 0 saturated carbocycles. The van der Waals surface area contributed by atoms with E-state index in [4.69, 9.17) is 4.74 Å². The molecule has 2 aromatic carbocycles. The molecule has 27 heavy (non-hydrogen) atoms. The maximum atomic E-state index is 12.5. The third kappa shape index (κ3) is 2.76. The molecule has 2 aromatic heterocycles. The smallest absolute Gasteiger partial charge is 0.266 e. The number of nitrogens with one attached hydrogen (secondary N) is 1. The van der Waals surface area contributed by atoms with Crippen molar-refractivity contribution in [1.29, 1.82) is 0 Å². The largest absolute Gasteiger partial charge is 0.496 e. The summed E-state index contributed by atoms with van der Waals surface area (Å²) in [5, 5.41) is 4.02.